The van der Waals surface area contributed by atoms with Gasteiger partial charge in [-0.3, -0.25) is 19.2 Å². The average Bonchev–Trinajstić information content (AvgIpc) is 3.30. The molecule has 0 aliphatic heterocycles. The Morgan fingerprint density at radius 3 is 2.24 bits per heavy atom. The van der Waals surface area contributed by atoms with Crippen LogP contribution in [0.25, 0.3) is 0 Å². The van der Waals surface area contributed by atoms with Crippen LogP contribution < -0.4 is 21.7 Å². The molecule has 5 unspecified atom stereocenters. The molecule has 190 valence electrons. The lowest BCUT2D eigenvalue weighted by Gasteiger charge is -2.28. The molecule has 5 atom stereocenters. The smallest absolute Gasteiger partial charge is 0.326 e. The van der Waals surface area contributed by atoms with E-state index in [1.807, 2.05) is 0 Å². The van der Waals surface area contributed by atoms with Crippen molar-refractivity contribution in [2.45, 2.75) is 63.7 Å². The number of carbonyl (C=O) groups is 5. The van der Waals surface area contributed by atoms with E-state index in [1.165, 1.54) is 12.5 Å². The van der Waals surface area contributed by atoms with Gasteiger partial charge in [0.05, 0.1) is 12.4 Å². The quantitative estimate of drug-likeness (QED) is 0.133. The third-order valence-corrected chi connectivity index (χ3v) is 5.59. The number of thiol groups is 1. The highest BCUT2D eigenvalue weighted by atomic mass is 32.1. The fourth-order valence-corrected chi connectivity index (χ4v) is 3.10. The van der Waals surface area contributed by atoms with Gasteiger partial charge in [0.1, 0.15) is 18.1 Å². The fourth-order valence-electron chi connectivity index (χ4n) is 2.93. The number of nitrogens with two attached hydrogens (primary N) is 1. The van der Waals surface area contributed by atoms with Crippen LogP contribution in [0.1, 0.15) is 38.8 Å². The van der Waals surface area contributed by atoms with Crippen molar-refractivity contribution in [1.82, 2.24) is 25.9 Å². The normalized spacial score (nSPS) is 15.3. The summed E-state index contributed by atoms with van der Waals surface area (Å²) >= 11 is 3.98. The number of imidazole rings is 1. The maximum atomic E-state index is 13.1. The lowest BCUT2D eigenvalue weighted by molar-refractivity contribution is -0.143. The van der Waals surface area contributed by atoms with Crippen molar-refractivity contribution < 1.29 is 34.2 Å². The van der Waals surface area contributed by atoms with E-state index in [1.54, 1.807) is 13.8 Å². The SMILES string of the molecule is CCC(C)C(NC(=O)C(Cc1cnc[nH]1)NC(=O)C(N)CS)C(=O)NC(CCC(=O)O)C(=O)O. The number of carbonyl (C=O) groups excluding carboxylic acids is 3. The number of amides is 3. The number of aromatic amines is 1. The molecule has 0 saturated heterocycles. The van der Waals surface area contributed by atoms with Crippen molar-refractivity contribution in [3.05, 3.63) is 18.2 Å². The molecule has 0 fully saturated rings. The van der Waals surface area contributed by atoms with Gasteiger partial charge >= 0.3 is 11.9 Å². The summed E-state index contributed by atoms with van der Waals surface area (Å²) in [7, 11) is 0. The second-order valence-electron chi connectivity index (χ2n) is 7.83. The molecule has 1 rings (SSSR count). The first-order valence-corrected chi connectivity index (χ1v) is 11.3. The van der Waals surface area contributed by atoms with E-state index in [4.69, 9.17) is 10.8 Å². The molecule has 0 radical (unpaired) electrons. The zero-order valence-electron chi connectivity index (χ0n) is 19.0. The Kier molecular flexibility index (Phi) is 12.1. The van der Waals surface area contributed by atoms with Crippen molar-refractivity contribution in [2.24, 2.45) is 11.7 Å². The van der Waals surface area contributed by atoms with Gasteiger partial charge in [0.15, 0.2) is 0 Å². The standard InChI is InChI=1S/C20H32N6O7S/c1-3-10(2)16(19(31)24-13(20(32)33)4-5-15(27)28)26-18(30)14(6-11-7-22-9-23-11)25-17(29)12(21)8-34/h7,9-10,12-14,16,34H,3-6,8,21H2,1-2H3,(H,22,23)(H,24,31)(H,25,29)(H,26,30)(H,27,28)(H,32,33). The van der Waals surface area contributed by atoms with Gasteiger partial charge in [-0.25, -0.2) is 9.78 Å². The van der Waals surface area contributed by atoms with Crippen LogP contribution >= 0.6 is 12.6 Å². The van der Waals surface area contributed by atoms with E-state index in [9.17, 15) is 29.1 Å². The summed E-state index contributed by atoms with van der Waals surface area (Å²) in [5, 5.41) is 25.6. The Hall–Kier alpha value is -3.13. The van der Waals surface area contributed by atoms with Crippen LogP contribution in [-0.2, 0) is 30.4 Å². The lowest BCUT2D eigenvalue weighted by Crippen LogP contribution is -2.59. The Morgan fingerprint density at radius 2 is 1.74 bits per heavy atom. The van der Waals surface area contributed by atoms with Crippen LogP contribution in [0.4, 0.5) is 0 Å². The number of H-pyrrole nitrogens is 1. The van der Waals surface area contributed by atoms with Gasteiger partial charge in [-0.15, -0.1) is 0 Å². The molecule has 0 aliphatic rings. The largest absolute Gasteiger partial charge is 0.481 e. The van der Waals surface area contributed by atoms with Crippen molar-refractivity contribution in [2.75, 3.05) is 5.75 Å². The number of carboxylic acids is 2. The minimum atomic E-state index is -1.44. The maximum Gasteiger partial charge on any atom is 0.326 e. The molecular formula is C20H32N6O7S. The number of nitrogens with one attached hydrogen (secondary N) is 4. The first-order valence-electron chi connectivity index (χ1n) is 10.7. The molecular weight excluding hydrogens is 468 g/mol. The number of hydrogen-bond acceptors (Lipinski definition) is 8. The van der Waals surface area contributed by atoms with Gasteiger partial charge in [0, 0.05) is 30.5 Å². The third kappa shape index (κ3) is 9.39. The summed E-state index contributed by atoms with van der Waals surface area (Å²) in [6.07, 6.45) is 2.60. The van der Waals surface area contributed by atoms with Crippen LogP contribution in [-0.4, -0.2) is 79.8 Å². The van der Waals surface area contributed by atoms with E-state index in [0.717, 1.165) is 0 Å². The van der Waals surface area contributed by atoms with Gasteiger partial charge in [0.25, 0.3) is 0 Å². The number of nitrogens with zero attached hydrogens (tertiary/aromatic N) is 1. The molecule has 0 aromatic carbocycles. The Bertz CT molecular complexity index is 850. The summed E-state index contributed by atoms with van der Waals surface area (Å²) in [5.74, 6) is -5.03. The minimum Gasteiger partial charge on any atom is -0.481 e. The third-order valence-electron chi connectivity index (χ3n) is 5.20. The van der Waals surface area contributed by atoms with Crippen LogP contribution in [0.3, 0.4) is 0 Å². The average molecular weight is 501 g/mol. The van der Waals surface area contributed by atoms with Crippen molar-refractivity contribution in [1.29, 1.82) is 0 Å². The molecule has 34 heavy (non-hydrogen) atoms. The highest BCUT2D eigenvalue weighted by Gasteiger charge is 2.33. The first kappa shape index (κ1) is 28.9. The molecule has 14 heteroatoms. The molecule has 8 N–H and O–H groups in total. The molecule has 13 nitrogen and oxygen atoms in total. The Morgan fingerprint density at radius 1 is 1.09 bits per heavy atom. The zero-order valence-corrected chi connectivity index (χ0v) is 19.9. The highest BCUT2D eigenvalue weighted by Crippen LogP contribution is 2.11. The molecule has 1 heterocycles. The van der Waals surface area contributed by atoms with Gasteiger partial charge in [-0.05, 0) is 12.3 Å². The number of aliphatic carboxylic acids is 2. The minimum absolute atomic E-state index is 0.0298. The summed E-state index contributed by atoms with van der Waals surface area (Å²) in [6, 6.07) is -4.65. The van der Waals surface area contributed by atoms with Gasteiger partial charge in [-0.2, -0.15) is 12.6 Å². The predicted molar refractivity (Wildman–Crippen MR) is 124 cm³/mol. The number of carboxylic acid groups (broad SMARTS) is 2. The van der Waals surface area contributed by atoms with E-state index >= 15 is 0 Å². The molecule has 0 saturated carbocycles. The van der Waals surface area contributed by atoms with Gasteiger partial charge in [-0.1, -0.05) is 20.3 Å². The van der Waals surface area contributed by atoms with Crippen molar-refractivity contribution >= 4 is 42.3 Å². The first-order chi connectivity index (χ1) is 16.0. The second kappa shape index (κ2) is 14.2. The molecule has 0 bridgehead atoms. The molecule has 1 aromatic heterocycles. The van der Waals surface area contributed by atoms with Crippen molar-refractivity contribution in [3.63, 3.8) is 0 Å². The maximum absolute atomic E-state index is 13.1. The van der Waals surface area contributed by atoms with Crippen molar-refractivity contribution in [3.8, 4) is 0 Å². The highest BCUT2D eigenvalue weighted by molar-refractivity contribution is 7.80. The monoisotopic (exact) mass is 500 g/mol. The van der Waals surface area contributed by atoms with E-state index < -0.39 is 66.2 Å². The Balaban J connectivity index is 3.04. The van der Waals surface area contributed by atoms with E-state index in [-0.39, 0.29) is 18.6 Å². The molecule has 1 aromatic rings. The van der Waals surface area contributed by atoms with Crippen LogP contribution in [0.15, 0.2) is 12.5 Å². The number of hydrogen-bond donors (Lipinski definition) is 8. The number of rotatable bonds is 15. The predicted octanol–water partition coefficient (Wildman–Crippen LogP) is -1.34. The lowest BCUT2D eigenvalue weighted by atomic mass is 9.97. The Labute approximate surface area is 202 Å². The van der Waals surface area contributed by atoms with Crippen LogP contribution in [0.2, 0.25) is 0 Å². The summed E-state index contributed by atoms with van der Waals surface area (Å²) in [5.41, 5.74) is 6.23. The molecule has 3 amide bonds. The summed E-state index contributed by atoms with van der Waals surface area (Å²) < 4.78 is 0. The zero-order chi connectivity index (χ0) is 25.8. The van der Waals surface area contributed by atoms with Gasteiger partial charge in [0.2, 0.25) is 17.7 Å². The summed E-state index contributed by atoms with van der Waals surface area (Å²) in [6.45, 7) is 3.47. The fraction of sp³-hybridized carbons (Fsp3) is 0.600. The van der Waals surface area contributed by atoms with E-state index in [0.29, 0.717) is 12.1 Å². The second-order valence-corrected chi connectivity index (χ2v) is 8.20. The molecule has 0 spiro atoms. The van der Waals surface area contributed by atoms with Crippen LogP contribution in [0.5, 0.6) is 0 Å². The number of aromatic nitrogens is 2. The topological polar surface area (TPSA) is 217 Å². The van der Waals surface area contributed by atoms with Gasteiger partial charge < -0.3 is 36.9 Å². The summed E-state index contributed by atoms with van der Waals surface area (Å²) in [4.78, 5) is 67.2. The van der Waals surface area contributed by atoms with Crippen LogP contribution in [0, 0.1) is 5.92 Å². The van der Waals surface area contributed by atoms with E-state index in [2.05, 4.69) is 38.5 Å². The molecule has 0 aliphatic carbocycles.